The van der Waals surface area contributed by atoms with Gasteiger partial charge in [-0.1, -0.05) is 24.6 Å². The fourth-order valence-electron chi connectivity index (χ4n) is 1.64. The van der Waals surface area contributed by atoms with Crippen LogP contribution in [0.5, 0.6) is 0 Å². The maximum atomic E-state index is 12.0. The number of halogens is 1. The van der Waals surface area contributed by atoms with Crippen LogP contribution in [0, 0.1) is 0 Å². The number of rotatable bonds is 4. The van der Waals surface area contributed by atoms with Gasteiger partial charge in [-0.3, -0.25) is 4.79 Å². The van der Waals surface area contributed by atoms with E-state index in [1.165, 1.54) is 0 Å². The van der Waals surface area contributed by atoms with Crippen LogP contribution < -0.4 is 11.1 Å². The Kier molecular flexibility index (Phi) is 4.39. The lowest BCUT2D eigenvalue weighted by molar-refractivity contribution is 0.0952. The van der Waals surface area contributed by atoms with Gasteiger partial charge in [0.15, 0.2) is 0 Å². The molecule has 4 nitrogen and oxygen atoms in total. The van der Waals surface area contributed by atoms with Gasteiger partial charge in [0.05, 0.1) is 21.3 Å². The molecular formula is C13H14ClN3OS. The molecule has 0 bridgehead atoms. The van der Waals surface area contributed by atoms with Crippen LogP contribution in [0.1, 0.15) is 28.2 Å². The summed E-state index contributed by atoms with van der Waals surface area (Å²) < 4.78 is 0. The zero-order chi connectivity index (χ0) is 13.8. The number of nitrogens with one attached hydrogen (secondary N) is 1. The smallest absolute Gasteiger partial charge is 0.253 e. The van der Waals surface area contributed by atoms with E-state index < -0.39 is 0 Å². The second kappa shape index (κ2) is 6.04. The standard InChI is InChI=1S/C13H14ClN3OS/c1-8(13-16-5-6-19-13)7-17-12(18)9-3-2-4-10(14)11(9)15/h2-6,8H,7,15H2,1H3,(H,17,18). The lowest BCUT2D eigenvalue weighted by Crippen LogP contribution is -2.28. The van der Waals surface area contributed by atoms with Gasteiger partial charge in [-0.25, -0.2) is 4.98 Å². The van der Waals surface area contributed by atoms with Crippen molar-refractivity contribution in [2.45, 2.75) is 12.8 Å². The number of nitrogens with two attached hydrogens (primary N) is 1. The number of anilines is 1. The minimum Gasteiger partial charge on any atom is -0.397 e. The number of carbonyl (C=O) groups is 1. The molecule has 1 aromatic carbocycles. The second-order valence-corrected chi connectivity index (χ2v) is 5.52. The van der Waals surface area contributed by atoms with Gasteiger partial charge in [-0.05, 0) is 12.1 Å². The third-order valence-corrected chi connectivity index (χ3v) is 4.08. The first-order valence-electron chi connectivity index (χ1n) is 5.81. The molecule has 0 saturated carbocycles. The van der Waals surface area contributed by atoms with E-state index in [1.54, 1.807) is 35.7 Å². The summed E-state index contributed by atoms with van der Waals surface area (Å²) in [5.74, 6) is -0.0484. The molecule has 0 fully saturated rings. The van der Waals surface area contributed by atoms with Crippen molar-refractivity contribution in [3.05, 3.63) is 45.4 Å². The first-order valence-corrected chi connectivity index (χ1v) is 7.07. The highest BCUT2D eigenvalue weighted by atomic mass is 35.5. The van der Waals surface area contributed by atoms with E-state index >= 15 is 0 Å². The summed E-state index contributed by atoms with van der Waals surface area (Å²) in [6.07, 6.45) is 1.76. The molecule has 0 aliphatic carbocycles. The average molecular weight is 296 g/mol. The monoisotopic (exact) mass is 295 g/mol. The quantitative estimate of drug-likeness (QED) is 0.852. The van der Waals surface area contributed by atoms with Gasteiger partial charge in [-0.2, -0.15) is 0 Å². The van der Waals surface area contributed by atoms with E-state index in [2.05, 4.69) is 10.3 Å². The van der Waals surface area contributed by atoms with E-state index in [9.17, 15) is 4.79 Å². The fourth-order valence-corrected chi connectivity index (χ4v) is 2.51. The first-order chi connectivity index (χ1) is 9.09. The van der Waals surface area contributed by atoms with Crippen molar-refractivity contribution in [2.75, 3.05) is 12.3 Å². The number of hydrogen-bond donors (Lipinski definition) is 2. The summed E-state index contributed by atoms with van der Waals surface area (Å²) in [5, 5.41) is 6.15. The minimum absolute atomic E-state index is 0.171. The molecule has 1 unspecified atom stereocenters. The van der Waals surface area contributed by atoms with Crippen molar-refractivity contribution in [3.63, 3.8) is 0 Å². The van der Waals surface area contributed by atoms with E-state index in [4.69, 9.17) is 17.3 Å². The van der Waals surface area contributed by atoms with Crippen LogP contribution in [0.4, 0.5) is 5.69 Å². The maximum Gasteiger partial charge on any atom is 0.253 e. The summed E-state index contributed by atoms with van der Waals surface area (Å²) in [4.78, 5) is 16.2. The molecule has 1 amide bonds. The molecule has 1 atom stereocenters. The van der Waals surface area contributed by atoms with E-state index in [0.29, 0.717) is 22.8 Å². The maximum absolute atomic E-state index is 12.0. The lowest BCUT2D eigenvalue weighted by Gasteiger charge is -2.11. The lowest BCUT2D eigenvalue weighted by atomic mass is 10.1. The minimum atomic E-state index is -0.219. The van der Waals surface area contributed by atoms with Gasteiger partial charge in [0.2, 0.25) is 0 Å². The summed E-state index contributed by atoms with van der Waals surface area (Å²) in [6, 6.07) is 5.02. The highest BCUT2D eigenvalue weighted by Crippen LogP contribution is 2.22. The Labute approximate surface area is 120 Å². The highest BCUT2D eigenvalue weighted by Gasteiger charge is 2.14. The van der Waals surface area contributed by atoms with Crippen molar-refractivity contribution in [1.82, 2.24) is 10.3 Å². The van der Waals surface area contributed by atoms with Crippen LogP contribution >= 0.6 is 22.9 Å². The number of nitrogens with zero attached hydrogens (tertiary/aromatic N) is 1. The van der Waals surface area contributed by atoms with Crippen molar-refractivity contribution in [3.8, 4) is 0 Å². The average Bonchev–Trinajstić information content (AvgIpc) is 2.93. The van der Waals surface area contributed by atoms with Crippen molar-refractivity contribution in [2.24, 2.45) is 0 Å². The number of amides is 1. The molecule has 0 aliphatic rings. The molecular weight excluding hydrogens is 282 g/mol. The molecule has 6 heteroatoms. The Hall–Kier alpha value is -1.59. The number of para-hydroxylation sites is 1. The Balaban J connectivity index is 2.00. The zero-order valence-corrected chi connectivity index (χ0v) is 12.0. The Morgan fingerprint density at radius 1 is 1.58 bits per heavy atom. The van der Waals surface area contributed by atoms with Crippen molar-refractivity contribution in [1.29, 1.82) is 0 Å². The SMILES string of the molecule is CC(CNC(=O)c1cccc(Cl)c1N)c1nccs1. The van der Waals surface area contributed by atoms with Gasteiger partial charge >= 0.3 is 0 Å². The summed E-state index contributed by atoms with van der Waals surface area (Å²) in [6.45, 7) is 2.53. The third kappa shape index (κ3) is 3.24. The Morgan fingerprint density at radius 3 is 3.05 bits per heavy atom. The van der Waals surface area contributed by atoms with Crippen LogP contribution in [-0.4, -0.2) is 17.4 Å². The van der Waals surface area contributed by atoms with Crippen LogP contribution in [-0.2, 0) is 0 Å². The van der Waals surface area contributed by atoms with Crippen molar-refractivity contribution < 1.29 is 4.79 Å². The number of thiazole rings is 1. The Morgan fingerprint density at radius 2 is 2.37 bits per heavy atom. The van der Waals surface area contributed by atoms with Crippen LogP contribution in [0.25, 0.3) is 0 Å². The molecule has 0 radical (unpaired) electrons. The van der Waals surface area contributed by atoms with Gasteiger partial charge in [0, 0.05) is 24.0 Å². The fraction of sp³-hybridized carbons (Fsp3) is 0.231. The Bertz CT molecular complexity index is 571. The molecule has 3 N–H and O–H groups in total. The van der Waals surface area contributed by atoms with Crippen molar-refractivity contribution >= 4 is 34.5 Å². The molecule has 2 aromatic rings. The largest absolute Gasteiger partial charge is 0.397 e. The van der Waals surface area contributed by atoms with E-state index in [-0.39, 0.29) is 11.8 Å². The zero-order valence-electron chi connectivity index (χ0n) is 10.4. The predicted molar refractivity (Wildman–Crippen MR) is 78.7 cm³/mol. The molecule has 2 rings (SSSR count). The number of carbonyl (C=O) groups excluding carboxylic acids is 1. The highest BCUT2D eigenvalue weighted by molar-refractivity contribution is 7.09. The first kappa shape index (κ1) is 13.8. The normalized spacial score (nSPS) is 12.1. The predicted octanol–water partition coefficient (Wildman–Crippen LogP) is 2.91. The van der Waals surface area contributed by atoms with Gasteiger partial charge in [0.25, 0.3) is 5.91 Å². The summed E-state index contributed by atoms with van der Waals surface area (Å²) >= 11 is 7.46. The molecule has 1 heterocycles. The molecule has 0 spiro atoms. The summed E-state index contributed by atoms with van der Waals surface area (Å²) in [5.41, 5.74) is 6.49. The molecule has 1 aromatic heterocycles. The number of hydrogen-bond acceptors (Lipinski definition) is 4. The molecule has 19 heavy (non-hydrogen) atoms. The van der Waals surface area contributed by atoms with E-state index in [0.717, 1.165) is 5.01 Å². The van der Waals surface area contributed by atoms with Gasteiger partial charge in [-0.15, -0.1) is 11.3 Å². The topological polar surface area (TPSA) is 68.0 Å². The van der Waals surface area contributed by atoms with Gasteiger partial charge in [0.1, 0.15) is 0 Å². The molecule has 0 saturated heterocycles. The van der Waals surface area contributed by atoms with Crippen LogP contribution in [0.15, 0.2) is 29.8 Å². The summed E-state index contributed by atoms with van der Waals surface area (Å²) in [7, 11) is 0. The van der Waals surface area contributed by atoms with Crippen LogP contribution in [0.2, 0.25) is 5.02 Å². The van der Waals surface area contributed by atoms with E-state index in [1.807, 2.05) is 12.3 Å². The number of benzene rings is 1. The van der Waals surface area contributed by atoms with Crippen LogP contribution in [0.3, 0.4) is 0 Å². The number of nitrogen functional groups attached to an aromatic ring is 1. The number of aromatic nitrogens is 1. The second-order valence-electron chi connectivity index (χ2n) is 4.18. The molecule has 0 aliphatic heterocycles. The third-order valence-electron chi connectivity index (χ3n) is 2.74. The molecule has 100 valence electrons. The van der Waals surface area contributed by atoms with Gasteiger partial charge < -0.3 is 11.1 Å².